The number of phenolic OH excluding ortho intramolecular Hbond substituents is 2. The molecule has 2 N–H and O–H groups in total. The molecule has 1 saturated heterocycles. The monoisotopic (exact) mass is 680 g/mol. The second kappa shape index (κ2) is 16.1. The number of likely N-dealkylation sites (tertiary alicyclic amines) is 1. The molecular formula is C32H43Cl3N6O4. The summed E-state index contributed by atoms with van der Waals surface area (Å²) in [5.74, 6) is 0.899. The van der Waals surface area contributed by atoms with Gasteiger partial charge >= 0.3 is 0 Å². The number of fused-ring (bicyclic) bond motifs is 2. The molecule has 5 rings (SSSR count). The number of piperidine rings is 1. The first kappa shape index (κ1) is 36.6. The molecule has 13 heteroatoms. The van der Waals surface area contributed by atoms with Gasteiger partial charge in [0.25, 0.3) is 11.1 Å². The number of phenols is 2. The lowest BCUT2D eigenvalue weighted by Crippen LogP contribution is -2.33. The summed E-state index contributed by atoms with van der Waals surface area (Å²) < 4.78 is 3.04. The van der Waals surface area contributed by atoms with Crippen LogP contribution >= 0.6 is 34.8 Å². The number of aryl methyl sites for hydroxylation is 1. The molecule has 0 aliphatic carbocycles. The van der Waals surface area contributed by atoms with Crippen LogP contribution in [0, 0.1) is 6.92 Å². The van der Waals surface area contributed by atoms with E-state index in [9.17, 15) is 19.8 Å². The number of hydrogen-bond donors (Lipinski definition) is 2. The van der Waals surface area contributed by atoms with E-state index in [-0.39, 0.29) is 48.6 Å². The third-order valence-electron chi connectivity index (χ3n) is 7.97. The van der Waals surface area contributed by atoms with Crippen molar-refractivity contribution in [1.29, 1.82) is 0 Å². The second-order valence-corrected chi connectivity index (χ2v) is 12.0. The molecule has 45 heavy (non-hydrogen) atoms. The molecule has 0 radical (unpaired) electrons. The largest absolute Gasteiger partial charge is 0.504 e. The van der Waals surface area contributed by atoms with Gasteiger partial charge in [-0.2, -0.15) is 0 Å². The molecule has 1 aliphatic rings. The van der Waals surface area contributed by atoms with Crippen molar-refractivity contribution in [2.75, 3.05) is 26.2 Å². The second-order valence-electron chi connectivity index (χ2n) is 10.7. The van der Waals surface area contributed by atoms with Gasteiger partial charge in [0.1, 0.15) is 22.7 Å². The van der Waals surface area contributed by atoms with Crippen LogP contribution in [0.3, 0.4) is 0 Å². The van der Waals surface area contributed by atoms with Crippen LogP contribution < -0.4 is 11.1 Å². The highest BCUT2D eigenvalue weighted by atomic mass is 35.5. The molecular weight excluding hydrogens is 639 g/mol. The third-order valence-corrected chi connectivity index (χ3v) is 8.85. The Labute approximate surface area is 278 Å². The predicted octanol–water partition coefficient (Wildman–Crippen LogP) is 6.40. The van der Waals surface area contributed by atoms with Crippen molar-refractivity contribution in [1.82, 2.24) is 28.9 Å². The fourth-order valence-corrected chi connectivity index (χ4v) is 6.05. The molecule has 3 heterocycles. The summed E-state index contributed by atoms with van der Waals surface area (Å²) in [5, 5.41) is 21.4. The van der Waals surface area contributed by atoms with Crippen molar-refractivity contribution in [3.8, 4) is 11.5 Å². The van der Waals surface area contributed by atoms with E-state index in [2.05, 4.69) is 19.8 Å². The van der Waals surface area contributed by atoms with Gasteiger partial charge in [-0.15, -0.1) is 0 Å². The van der Waals surface area contributed by atoms with Gasteiger partial charge in [-0.05, 0) is 63.6 Å². The van der Waals surface area contributed by atoms with Gasteiger partial charge in [-0.25, -0.2) is 9.97 Å². The van der Waals surface area contributed by atoms with Gasteiger partial charge in [0.2, 0.25) is 0 Å². The quantitative estimate of drug-likeness (QED) is 0.240. The minimum Gasteiger partial charge on any atom is -0.504 e. The van der Waals surface area contributed by atoms with Crippen LogP contribution in [0.1, 0.15) is 64.2 Å². The minimum atomic E-state index is -0.292. The van der Waals surface area contributed by atoms with Crippen LogP contribution in [-0.4, -0.2) is 65.3 Å². The van der Waals surface area contributed by atoms with Gasteiger partial charge in [-0.3, -0.25) is 28.5 Å². The number of benzene rings is 2. The molecule has 2 aromatic heterocycles. The Morgan fingerprint density at radius 1 is 0.778 bits per heavy atom. The van der Waals surface area contributed by atoms with Crippen molar-refractivity contribution < 1.29 is 10.2 Å². The Bertz CT molecular complexity index is 1780. The van der Waals surface area contributed by atoms with E-state index in [0.717, 1.165) is 31.7 Å². The molecule has 0 unspecified atom stereocenters. The summed E-state index contributed by atoms with van der Waals surface area (Å²) in [7, 11) is 3.38. The molecule has 10 nitrogen and oxygen atoms in total. The molecule has 0 atom stereocenters. The lowest BCUT2D eigenvalue weighted by Gasteiger charge is -2.26. The number of aromatic hydroxyl groups is 2. The molecule has 0 saturated carbocycles. The molecule has 0 bridgehead atoms. The number of nitrogens with zero attached hydrogens (tertiary/aromatic N) is 6. The lowest BCUT2D eigenvalue weighted by molar-refractivity contribution is 0.213. The number of rotatable bonds is 6. The first-order valence-electron chi connectivity index (χ1n) is 15.3. The minimum absolute atomic E-state index is 0.0852. The lowest BCUT2D eigenvalue weighted by atomic mass is 10.1. The predicted molar refractivity (Wildman–Crippen MR) is 184 cm³/mol. The zero-order valence-electron chi connectivity index (χ0n) is 27.0. The Hall–Kier alpha value is -2.89. The van der Waals surface area contributed by atoms with E-state index in [1.807, 2.05) is 27.7 Å². The highest BCUT2D eigenvalue weighted by molar-refractivity contribution is 6.39. The van der Waals surface area contributed by atoms with Crippen molar-refractivity contribution in [3.05, 3.63) is 65.1 Å². The van der Waals surface area contributed by atoms with Crippen LogP contribution in [-0.2, 0) is 27.2 Å². The normalized spacial score (nSPS) is 13.5. The molecule has 1 fully saturated rings. The number of halogens is 3. The van der Waals surface area contributed by atoms with E-state index in [1.165, 1.54) is 29.9 Å². The molecule has 2 aromatic carbocycles. The van der Waals surface area contributed by atoms with Crippen molar-refractivity contribution in [2.45, 2.75) is 67.0 Å². The zero-order chi connectivity index (χ0) is 33.6. The van der Waals surface area contributed by atoms with E-state index in [0.29, 0.717) is 35.6 Å². The van der Waals surface area contributed by atoms with Gasteiger partial charge in [0.15, 0.2) is 11.5 Å². The van der Waals surface area contributed by atoms with Gasteiger partial charge in [0, 0.05) is 14.1 Å². The van der Waals surface area contributed by atoms with Crippen LogP contribution in [0.5, 0.6) is 11.5 Å². The third kappa shape index (κ3) is 7.92. The van der Waals surface area contributed by atoms with Crippen molar-refractivity contribution in [3.63, 3.8) is 0 Å². The van der Waals surface area contributed by atoms with E-state index in [4.69, 9.17) is 34.8 Å². The summed E-state index contributed by atoms with van der Waals surface area (Å²) in [6.07, 6.45) is 3.62. The maximum Gasteiger partial charge on any atom is 0.262 e. The van der Waals surface area contributed by atoms with Crippen LogP contribution in [0.15, 0.2) is 21.7 Å². The maximum atomic E-state index is 12.6. The maximum absolute atomic E-state index is 12.6. The topological polar surface area (TPSA) is 117 Å². The standard InChI is InChI=1S/C16H20ClN3O2.C14H17Cl2N3O2.C2H6/c1-10-8-11(17)15(21)14-13(10)16(22)19(2)12(18-14)9-20-6-4-3-5-7-20;1-4-19(5-2)7-10-17-12-11(14(21)18(10)3)8(15)6-9(16)13(12)20;1-2/h8,21H,3-7,9H2,1-2H3;6,20H,4-5,7H2,1-3H3;1-2H3. The molecule has 1 aliphatic heterocycles. The average molecular weight is 682 g/mol. The molecule has 0 amide bonds. The highest BCUT2D eigenvalue weighted by Gasteiger charge is 2.20. The molecule has 246 valence electrons. The van der Waals surface area contributed by atoms with E-state index in [1.54, 1.807) is 31.7 Å². The van der Waals surface area contributed by atoms with Gasteiger partial charge in [0.05, 0.1) is 38.9 Å². The average Bonchev–Trinajstić information content (AvgIpc) is 3.03. The highest BCUT2D eigenvalue weighted by Crippen LogP contribution is 2.35. The van der Waals surface area contributed by atoms with E-state index >= 15 is 0 Å². The summed E-state index contributed by atoms with van der Waals surface area (Å²) in [6.45, 7) is 14.7. The van der Waals surface area contributed by atoms with Crippen LogP contribution in [0.2, 0.25) is 15.1 Å². The first-order valence-corrected chi connectivity index (χ1v) is 16.4. The van der Waals surface area contributed by atoms with Crippen molar-refractivity contribution >= 4 is 56.6 Å². The van der Waals surface area contributed by atoms with Crippen LogP contribution in [0.25, 0.3) is 21.8 Å². The molecule has 4 aromatic rings. The van der Waals surface area contributed by atoms with Crippen molar-refractivity contribution in [2.24, 2.45) is 14.1 Å². The Morgan fingerprint density at radius 2 is 1.27 bits per heavy atom. The summed E-state index contributed by atoms with van der Waals surface area (Å²) in [6, 6.07) is 2.96. The van der Waals surface area contributed by atoms with Gasteiger partial charge in [-0.1, -0.05) is 68.9 Å². The van der Waals surface area contributed by atoms with E-state index < -0.39 is 0 Å². The van der Waals surface area contributed by atoms with Crippen LogP contribution in [0.4, 0.5) is 0 Å². The zero-order valence-corrected chi connectivity index (χ0v) is 29.3. The fourth-order valence-electron chi connectivity index (χ4n) is 5.26. The fraction of sp³-hybridized carbons (Fsp3) is 0.500. The Morgan fingerprint density at radius 3 is 1.84 bits per heavy atom. The summed E-state index contributed by atoms with van der Waals surface area (Å²) in [5.41, 5.74) is 0.758. The first-order chi connectivity index (χ1) is 21.4. The Kier molecular flexibility index (Phi) is 13.1. The summed E-state index contributed by atoms with van der Waals surface area (Å²) >= 11 is 18.0. The van der Waals surface area contributed by atoms with Gasteiger partial charge < -0.3 is 10.2 Å². The SMILES string of the molecule is CC.CCN(CC)Cc1nc2c(O)c(Cl)cc(Cl)c2c(=O)n1C.Cc1cc(Cl)c(O)c2nc(CN3CCCCC3)n(C)c(=O)c12. The number of aromatic nitrogens is 4. The molecule has 0 spiro atoms. The number of hydrogen-bond acceptors (Lipinski definition) is 8. The Balaban J connectivity index is 0.000000233. The smallest absolute Gasteiger partial charge is 0.262 e. The summed E-state index contributed by atoms with van der Waals surface area (Å²) in [4.78, 5) is 38.4.